The Labute approximate surface area is 104 Å². The van der Waals surface area contributed by atoms with E-state index in [2.05, 4.69) is 15.3 Å². The van der Waals surface area contributed by atoms with Gasteiger partial charge in [0.1, 0.15) is 0 Å². The molecule has 0 aliphatic carbocycles. The van der Waals surface area contributed by atoms with E-state index < -0.39 is 0 Å². The zero-order valence-electron chi connectivity index (χ0n) is 9.99. The van der Waals surface area contributed by atoms with Crippen molar-refractivity contribution in [1.82, 2.24) is 20.0 Å². The van der Waals surface area contributed by atoms with Crippen LogP contribution in [0.3, 0.4) is 0 Å². The van der Waals surface area contributed by atoms with Gasteiger partial charge in [-0.2, -0.15) is 0 Å². The second-order valence-electron chi connectivity index (χ2n) is 4.18. The molecule has 0 aliphatic heterocycles. The Morgan fingerprint density at radius 3 is 2.83 bits per heavy atom. The van der Waals surface area contributed by atoms with Crippen LogP contribution in [-0.4, -0.2) is 20.0 Å². The molecule has 3 aromatic rings. The second-order valence-corrected chi connectivity index (χ2v) is 4.18. The number of para-hydroxylation sites is 1. The van der Waals surface area contributed by atoms with Gasteiger partial charge in [-0.05, 0) is 6.07 Å². The van der Waals surface area contributed by atoms with Crippen LogP contribution in [0.5, 0.6) is 0 Å². The number of aromatic nitrogens is 4. The molecule has 1 atom stereocenters. The van der Waals surface area contributed by atoms with Crippen molar-refractivity contribution in [1.29, 1.82) is 0 Å². The first kappa shape index (κ1) is 10.9. The standard InChI is InChI=1S/C13H13N5/c1-18-11(8-16-17-18)12(14)10-6-2-4-9-5-3-7-15-13(9)10/h2-8,12H,14H2,1H3. The summed E-state index contributed by atoms with van der Waals surface area (Å²) in [6, 6.07) is 9.68. The van der Waals surface area contributed by atoms with Crippen molar-refractivity contribution < 1.29 is 0 Å². The topological polar surface area (TPSA) is 69.6 Å². The summed E-state index contributed by atoms with van der Waals surface area (Å²) in [7, 11) is 1.83. The average molecular weight is 239 g/mol. The fourth-order valence-corrected chi connectivity index (χ4v) is 2.12. The lowest BCUT2D eigenvalue weighted by molar-refractivity contribution is 0.652. The molecule has 2 aromatic heterocycles. The Balaban J connectivity index is 2.18. The van der Waals surface area contributed by atoms with Gasteiger partial charge in [-0.3, -0.25) is 9.67 Å². The van der Waals surface area contributed by atoms with Crippen LogP contribution in [-0.2, 0) is 7.05 Å². The fraction of sp³-hybridized carbons (Fsp3) is 0.154. The highest BCUT2D eigenvalue weighted by Crippen LogP contribution is 2.24. The molecule has 2 N–H and O–H groups in total. The van der Waals surface area contributed by atoms with Crippen molar-refractivity contribution in [3.8, 4) is 0 Å². The van der Waals surface area contributed by atoms with Crippen LogP contribution in [0.15, 0.2) is 42.7 Å². The molecule has 1 unspecified atom stereocenters. The zero-order valence-corrected chi connectivity index (χ0v) is 9.99. The van der Waals surface area contributed by atoms with Gasteiger partial charge in [0.25, 0.3) is 0 Å². The van der Waals surface area contributed by atoms with E-state index in [0.717, 1.165) is 22.2 Å². The largest absolute Gasteiger partial charge is 0.319 e. The number of benzene rings is 1. The summed E-state index contributed by atoms with van der Waals surface area (Å²) < 4.78 is 1.69. The number of fused-ring (bicyclic) bond motifs is 1. The number of nitrogens with zero attached hydrogens (tertiary/aromatic N) is 4. The summed E-state index contributed by atoms with van der Waals surface area (Å²) >= 11 is 0. The quantitative estimate of drug-likeness (QED) is 0.734. The lowest BCUT2D eigenvalue weighted by atomic mass is 10.0. The van der Waals surface area contributed by atoms with E-state index in [4.69, 9.17) is 5.73 Å². The normalized spacial score (nSPS) is 12.8. The molecule has 0 fully saturated rings. The minimum Gasteiger partial charge on any atom is -0.319 e. The van der Waals surface area contributed by atoms with Crippen LogP contribution in [0.25, 0.3) is 10.9 Å². The van der Waals surface area contributed by atoms with Crippen LogP contribution in [0.2, 0.25) is 0 Å². The number of rotatable bonds is 2. The van der Waals surface area contributed by atoms with Crippen molar-refractivity contribution in [2.75, 3.05) is 0 Å². The molecule has 0 saturated carbocycles. The minimum atomic E-state index is -0.274. The monoisotopic (exact) mass is 239 g/mol. The summed E-state index contributed by atoms with van der Waals surface area (Å²) in [6.07, 6.45) is 3.46. The first-order valence-corrected chi connectivity index (χ1v) is 5.71. The van der Waals surface area contributed by atoms with Gasteiger partial charge in [-0.1, -0.05) is 29.5 Å². The molecule has 0 saturated heterocycles. The van der Waals surface area contributed by atoms with E-state index in [0.29, 0.717) is 0 Å². The Morgan fingerprint density at radius 1 is 1.22 bits per heavy atom. The van der Waals surface area contributed by atoms with E-state index in [1.54, 1.807) is 17.1 Å². The Morgan fingerprint density at radius 2 is 2.06 bits per heavy atom. The molecule has 0 radical (unpaired) electrons. The van der Waals surface area contributed by atoms with E-state index in [9.17, 15) is 0 Å². The molecule has 0 bridgehead atoms. The number of aryl methyl sites for hydroxylation is 1. The molecular formula is C13H13N5. The molecule has 1 aromatic carbocycles. The maximum atomic E-state index is 6.29. The summed E-state index contributed by atoms with van der Waals surface area (Å²) in [5, 5.41) is 8.85. The van der Waals surface area contributed by atoms with Crippen LogP contribution >= 0.6 is 0 Å². The predicted octanol–water partition coefficient (Wildman–Crippen LogP) is 1.41. The second kappa shape index (κ2) is 4.19. The number of nitrogens with two attached hydrogens (primary N) is 1. The lowest BCUT2D eigenvalue weighted by Gasteiger charge is -2.13. The molecule has 2 heterocycles. The SMILES string of the molecule is Cn1nncc1C(N)c1cccc2cccnc12. The summed E-state index contributed by atoms with van der Waals surface area (Å²) in [6.45, 7) is 0. The summed E-state index contributed by atoms with van der Waals surface area (Å²) in [5.41, 5.74) is 9.06. The van der Waals surface area contributed by atoms with E-state index in [1.165, 1.54) is 0 Å². The predicted molar refractivity (Wildman–Crippen MR) is 68.8 cm³/mol. The molecule has 90 valence electrons. The highest BCUT2D eigenvalue weighted by molar-refractivity contribution is 5.82. The zero-order chi connectivity index (χ0) is 12.5. The van der Waals surface area contributed by atoms with Gasteiger partial charge < -0.3 is 5.73 Å². The number of hydrogen-bond donors (Lipinski definition) is 1. The van der Waals surface area contributed by atoms with Gasteiger partial charge in [0.05, 0.1) is 23.4 Å². The maximum Gasteiger partial charge on any atom is 0.0797 e. The molecule has 0 spiro atoms. The Bertz CT molecular complexity index is 683. The number of pyridine rings is 1. The van der Waals surface area contributed by atoms with Crippen molar-refractivity contribution in [3.63, 3.8) is 0 Å². The minimum absolute atomic E-state index is 0.274. The summed E-state index contributed by atoms with van der Waals surface area (Å²) in [4.78, 5) is 4.41. The number of hydrogen-bond acceptors (Lipinski definition) is 4. The van der Waals surface area contributed by atoms with Gasteiger partial charge in [0, 0.05) is 24.2 Å². The molecule has 18 heavy (non-hydrogen) atoms. The van der Waals surface area contributed by atoms with Gasteiger partial charge in [0.2, 0.25) is 0 Å². The Kier molecular flexibility index (Phi) is 2.53. The summed E-state index contributed by atoms with van der Waals surface area (Å²) in [5.74, 6) is 0. The van der Waals surface area contributed by atoms with Crippen molar-refractivity contribution in [2.24, 2.45) is 12.8 Å². The van der Waals surface area contributed by atoms with Gasteiger partial charge in [0.15, 0.2) is 0 Å². The first-order chi connectivity index (χ1) is 8.77. The third-order valence-corrected chi connectivity index (χ3v) is 3.07. The van der Waals surface area contributed by atoms with E-state index >= 15 is 0 Å². The molecule has 0 aliphatic rings. The van der Waals surface area contributed by atoms with Gasteiger partial charge >= 0.3 is 0 Å². The van der Waals surface area contributed by atoms with Gasteiger partial charge in [-0.15, -0.1) is 5.10 Å². The van der Waals surface area contributed by atoms with Crippen molar-refractivity contribution in [2.45, 2.75) is 6.04 Å². The molecular weight excluding hydrogens is 226 g/mol. The van der Waals surface area contributed by atoms with Crippen LogP contribution in [0.1, 0.15) is 17.3 Å². The Hall–Kier alpha value is -2.27. The third-order valence-electron chi connectivity index (χ3n) is 3.07. The third kappa shape index (κ3) is 1.65. The van der Waals surface area contributed by atoms with Crippen molar-refractivity contribution >= 4 is 10.9 Å². The van der Waals surface area contributed by atoms with Crippen LogP contribution in [0, 0.1) is 0 Å². The van der Waals surface area contributed by atoms with Crippen LogP contribution < -0.4 is 5.73 Å². The first-order valence-electron chi connectivity index (χ1n) is 5.71. The molecule has 5 nitrogen and oxygen atoms in total. The highest BCUT2D eigenvalue weighted by Gasteiger charge is 2.16. The smallest absolute Gasteiger partial charge is 0.0797 e. The molecule has 0 amide bonds. The highest BCUT2D eigenvalue weighted by atomic mass is 15.4. The van der Waals surface area contributed by atoms with E-state index in [-0.39, 0.29) is 6.04 Å². The lowest BCUT2D eigenvalue weighted by Crippen LogP contribution is -2.16. The molecule has 3 rings (SSSR count). The molecule has 5 heteroatoms. The van der Waals surface area contributed by atoms with Gasteiger partial charge in [-0.25, -0.2) is 0 Å². The van der Waals surface area contributed by atoms with Crippen LogP contribution in [0.4, 0.5) is 0 Å². The van der Waals surface area contributed by atoms with Crippen molar-refractivity contribution in [3.05, 3.63) is 54.0 Å². The fourth-order valence-electron chi connectivity index (χ4n) is 2.12. The average Bonchev–Trinajstić information content (AvgIpc) is 2.83. The maximum absolute atomic E-state index is 6.29. The van der Waals surface area contributed by atoms with E-state index in [1.807, 2.05) is 37.4 Å².